The molecule has 0 aliphatic heterocycles. The first kappa shape index (κ1) is 9.91. The number of fused-ring (bicyclic) bond motifs is 1. The summed E-state index contributed by atoms with van der Waals surface area (Å²) in [7, 11) is -3.25. The first-order valence-corrected chi connectivity index (χ1v) is 6.79. The molecular weight excluding hydrogens is 315 g/mol. The van der Waals surface area contributed by atoms with Gasteiger partial charge in [-0.05, 0) is 40.8 Å². The van der Waals surface area contributed by atoms with Crippen molar-refractivity contribution in [3.8, 4) is 0 Å². The van der Waals surface area contributed by atoms with Gasteiger partial charge in [-0.15, -0.1) is 0 Å². The number of nitrogens with one attached hydrogen (secondary N) is 1. The largest absolute Gasteiger partial charge is 0.329 e. The van der Waals surface area contributed by atoms with Crippen molar-refractivity contribution in [3.05, 3.63) is 21.8 Å². The third-order valence-corrected chi connectivity index (χ3v) is 3.34. The lowest BCUT2D eigenvalue weighted by Crippen LogP contribution is -1.98. The number of benzene rings is 1. The van der Waals surface area contributed by atoms with Gasteiger partial charge in [0.2, 0.25) is 15.0 Å². The highest BCUT2D eigenvalue weighted by molar-refractivity contribution is 14.1. The first-order chi connectivity index (χ1) is 6.47. The van der Waals surface area contributed by atoms with Gasteiger partial charge in [-0.3, -0.25) is 0 Å². The van der Waals surface area contributed by atoms with Crippen molar-refractivity contribution in [3.63, 3.8) is 0 Å². The molecule has 0 unspecified atom stereocenters. The highest BCUT2D eigenvalue weighted by atomic mass is 127. The van der Waals surface area contributed by atoms with Gasteiger partial charge in [0.05, 0.1) is 11.0 Å². The summed E-state index contributed by atoms with van der Waals surface area (Å²) in [6, 6.07) is 5.54. The summed E-state index contributed by atoms with van der Waals surface area (Å²) < 4.78 is 23.4. The first-order valence-electron chi connectivity index (χ1n) is 3.82. The number of nitrogens with zero attached hydrogens (tertiary/aromatic N) is 1. The third-order valence-electron chi connectivity index (χ3n) is 1.77. The summed E-state index contributed by atoms with van der Waals surface area (Å²) in [6.45, 7) is 0. The van der Waals surface area contributed by atoms with Crippen molar-refractivity contribution in [1.29, 1.82) is 0 Å². The van der Waals surface area contributed by atoms with Crippen LogP contribution in [0.25, 0.3) is 11.0 Å². The monoisotopic (exact) mass is 322 g/mol. The zero-order chi connectivity index (χ0) is 10.3. The van der Waals surface area contributed by atoms with Gasteiger partial charge in [0.1, 0.15) is 0 Å². The number of sulfone groups is 1. The number of hydrogen-bond donors (Lipinski definition) is 1. The minimum absolute atomic E-state index is 0.0227. The summed E-state index contributed by atoms with van der Waals surface area (Å²) >= 11 is 2.16. The molecule has 2 rings (SSSR count). The molecule has 2 aromatic rings. The average molecular weight is 322 g/mol. The third kappa shape index (κ3) is 1.76. The van der Waals surface area contributed by atoms with Crippen molar-refractivity contribution in [2.45, 2.75) is 5.16 Å². The fraction of sp³-hybridized carbons (Fsp3) is 0.125. The molecule has 4 nitrogen and oxygen atoms in total. The fourth-order valence-electron chi connectivity index (χ4n) is 1.13. The van der Waals surface area contributed by atoms with E-state index in [0.717, 1.165) is 15.3 Å². The zero-order valence-electron chi connectivity index (χ0n) is 7.28. The van der Waals surface area contributed by atoms with E-state index in [-0.39, 0.29) is 5.16 Å². The maximum atomic E-state index is 11.2. The lowest BCUT2D eigenvalue weighted by atomic mass is 10.3. The topological polar surface area (TPSA) is 62.8 Å². The van der Waals surface area contributed by atoms with Crippen LogP contribution in [0.4, 0.5) is 0 Å². The lowest BCUT2D eigenvalue weighted by molar-refractivity contribution is 0.595. The van der Waals surface area contributed by atoms with Crippen LogP contribution >= 0.6 is 22.6 Å². The van der Waals surface area contributed by atoms with Crippen LogP contribution < -0.4 is 0 Å². The van der Waals surface area contributed by atoms with Crippen LogP contribution in [0.5, 0.6) is 0 Å². The Labute approximate surface area is 94.8 Å². The molecule has 0 atom stereocenters. The van der Waals surface area contributed by atoms with Crippen molar-refractivity contribution in [2.24, 2.45) is 0 Å². The Hall–Kier alpha value is -0.630. The Morgan fingerprint density at radius 1 is 1.43 bits per heavy atom. The number of hydrogen-bond acceptors (Lipinski definition) is 3. The van der Waals surface area contributed by atoms with Crippen LogP contribution in [-0.2, 0) is 9.84 Å². The number of halogens is 1. The van der Waals surface area contributed by atoms with Crippen molar-refractivity contribution < 1.29 is 8.42 Å². The molecule has 74 valence electrons. The number of H-pyrrole nitrogens is 1. The van der Waals surface area contributed by atoms with E-state index < -0.39 is 9.84 Å². The summed E-state index contributed by atoms with van der Waals surface area (Å²) in [5, 5.41) is 0.0227. The highest BCUT2D eigenvalue weighted by Crippen LogP contribution is 2.16. The maximum Gasteiger partial charge on any atom is 0.225 e. The summed E-state index contributed by atoms with van der Waals surface area (Å²) in [5.41, 5.74) is 1.42. The molecular formula is C8H7IN2O2S. The Kier molecular flexibility index (Phi) is 2.26. The van der Waals surface area contributed by atoms with E-state index in [9.17, 15) is 8.42 Å². The molecule has 1 aromatic carbocycles. The standard InChI is InChI=1S/C8H7IN2O2S/c1-14(12,13)8-10-6-3-2-5(9)4-7(6)11-8/h2-4H,1H3,(H,10,11). The molecule has 6 heteroatoms. The highest BCUT2D eigenvalue weighted by Gasteiger charge is 2.12. The molecule has 0 fully saturated rings. The van der Waals surface area contributed by atoms with Gasteiger partial charge in [0.25, 0.3) is 0 Å². The van der Waals surface area contributed by atoms with Gasteiger partial charge in [-0.1, -0.05) is 0 Å². The Bertz CT molecular complexity index is 588. The molecule has 0 bridgehead atoms. The molecule has 0 aliphatic carbocycles. The second-order valence-corrected chi connectivity index (χ2v) is 6.15. The Morgan fingerprint density at radius 2 is 2.14 bits per heavy atom. The van der Waals surface area contributed by atoms with Gasteiger partial charge in [-0.2, -0.15) is 0 Å². The van der Waals surface area contributed by atoms with Crippen LogP contribution in [0.2, 0.25) is 0 Å². The summed E-state index contributed by atoms with van der Waals surface area (Å²) in [6.07, 6.45) is 1.13. The van der Waals surface area contributed by atoms with E-state index in [1.807, 2.05) is 12.1 Å². The van der Waals surface area contributed by atoms with Gasteiger partial charge < -0.3 is 4.98 Å². The predicted octanol–water partition coefficient (Wildman–Crippen LogP) is 1.57. The predicted molar refractivity (Wildman–Crippen MR) is 61.9 cm³/mol. The van der Waals surface area contributed by atoms with Gasteiger partial charge >= 0.3 is 0 Å². The molecule has 1 N–H and O–H groups in total. The quantitative estimate of drug-likeness (QED) is 0.811. The summed E-state index contributed by atoms with van der Waals surface area (Å²) in [4.78, 5) is 6.75. The molecule has 0 saturated carbocycles. The van der Waals surface area contributed by atoms with E-state index in [0.29, 0.717) is 5.52 Å². The molecule has 14 heavy (non-hydrogen) atoms. The van der Waals surface area contributed by atoms with E-state index in [4.69, 9.17) is 0 Å². The SMILES string of the molecule is CS(=O)(=O)c1nc2ccc(I)cc2[nH]1. The second-order valence-electron chi connectivity index (χ2n) is 2.98. The lowest BCUT2D eigenvalue weighted by Gasteiger charge is -1.88. The van der Waals surface area contributed by atoms with Crippen LogP contribution in [0.3, 0.4) is 0 Å². The van der Waals surface area contributed by atoms with E-state index in [1.54, 1.807) is 6.07 Å². The number of imidazole rings is 1. The second kappa shape index (κ2) is 3.20. The van der Waals surface area contributed by atoms with Crippen LogP contribution in [0.15, 0.2) is 23.4 Å². The average Bonchev–Trinajstić information content (AvgIpc) is 2.45. The van der Waals surface area contributed by atoms with Crippen LogP contribution in [0, 0.1) is 3.57 Å². The fourth-order valence-corrected chi connectivity index (χ4v) is 2.18. The number of aromatic amines is 1. The molecule has 0 saturated heterocycles. The van der Waals surface area contributed by atoms with E-state index in [2.05, 4.69) is 32.6 Å². The summed E-state index contributed by atoms with van der Waals surface area (Å²) in [5.74, 6) is 0. The Morgan fingerprint density at radius 3 is 2.79 bits per heavy atom. The molecule has 0 aliphatic rings. The number of aromatic nitrogens is 2. The van der Waals surface area contributed by atoms with Gasteiger partial charge in [0, 0.05) is 9.83 Å². The van der Waals surface area contributed by atoms with Crippen LogP contribution in [0.1, 0.15) is 0 Å². The molecule has 0 spiro atoms. The minimum atomic E-state index is -3.25. The zero-order valence-corrected chi connectivity index (χ0v) is 10.3. The smallest absolute Gasteiger partial charge is 0.225 e. The van der Waals surface area contributed by atoms with Crippen LogP contribution in [-0.4, -0.2) is 24.6 Å². The van der Waals surface area contributed by atoms with Gasteiger partial charge in [-0.25, -0.2) is 13.4 Å². The van der Waals surface area contributed by atoms with E-state index >= 15 is 0 Å². The Balaban J connectivity index is 2.75. The maximum absolute atomic E-state index is 11.2. The normalized spacial score (nSPS) is 12.1. The van der Waals surface area contributed by atoms with Crippen molar-refractivity contribution in [1.82, 2.24) is 9.97 Å². The van der Waals surface area contributed by atoms with Crippen molar-refractivity contribution in [2.75, 3.05) is 6.26 Å². The van der Waals surface area contributed by atoms with E-state index in [1.165, 1.54) is 0 Å². The van der Waals surface area contributed by atoms with Crippen molar-refractivity contribution >= 4 is 43.5 Å². The molecule has 1 heterocycles. The molecule has 1 aromatic heterocycles. The number of rotatable bonds is 1. The van der Waals surface area contributed by atoms with Gasteiger partial charge in [0.15, 0.2) is 0 Å². The molecule has 0 amide bonds. The minimum Gasteiger partial charge on any atom is -0.329 e. The molecule has 0 radical (unpaired) electrons.